The van der Waals surface area contributed by atoms with Gasteiger partial charge in [-0.3, -0.25) is 9.59 Å². The molecule has 2 aliphatic rings. The van der Waals surface area contributed by atoms with E-state index >= 15 is 0 Å². The lowest BCUT2D eigenvalue weighted by atomic mass is 10.1. The van der Waals surface area contributed by atoms with Crippen LogP contribution in [0, 0.1) is 5.92 Å². The molecule has 2 aliphatic heterocycles. The molecule has 4 rings (SSSR count). The fourth-order valence-corrected chi connectivity index (χ4v) is 4.53. The van der Waals surface area contributed by atoms with Crippen LogP contribution < -0.4 is 5.32 Å². The van der Waals surface area contributed by atoms with Crippen molar-refractivity contribution >= 4 is 23.2 Å². The number of carbonyl (C=O) groups is 2. The van der Waals surface area contributed by atoms with E-state index in [2.05, 4.69) is 10.3 Å². The molecule has 1 aromatic heterocycles. The van der Waals surface area contributed by atoms with E-state index in [1.54, 1.807) is 0 Å². The van der Waals surface area contributed by atoms with Crippen molar-refractivity contribution in [3.8, 4) is 0 Å². The highest BCUT2D eigenvalue weighted by molar-refractivity contribution is 7.13. The van der Waals surface area contributed by atoms with E-state index in [0.717, 1.165) is 29.0 Å². The minimum Gasteiger partial charge on any atom is -0.381 e. The lowest BCUT2D eigenvalue weighted by Crippen LogP contribution is -2.38. The molecule has 0 bridgehead atoms. The molecule has 1 fully saturated rings. The molecule has 27 heavy (non-hydrogen) atoms. The Hall–Kier alpha value is -2.25. The highest BCUT2D eigenvalue weighted by Crippen LogP contribution is 2.25. The van der Waals surface area contributed by atoms with Crippen molar-refractivity contribution in [3.63, 3.8) is 0 Å². The number of fused-ring (bicyclic) bond motifs is 1. The summed E-state index contributed by atoms with van der Waals surface area (Å²) in [4.78, 5) is 32.6. The van der Waals surface area contributed by atoms with Crippen molar-refractivity contribution in [2.45, 2.75) is 25.8 Å². The number of rotatable bonds is 4. The van der Waals surface area contributed by atoms with E-state index in [-0.39, 0.29) is 17.7 Å². The topological polar surface area (TPSA) is 71.5 Å². The summed E-state index contributed by atoms with van der Waals surface area (Å²) in [5, 5.41) is 3.45. The number of hydrogen-bond donors (Lipinski definition) is 1. The van der Waals surface area contributed by atoms with Crippen molar-refractivity contribution in [3.05, 3.63) is 51.5 Å². The number of nitrogens with one attached hydrogen (secondary N) is 1. The minimum atomic E-state index is -0.132. The Kier molecular flexibility index (Phi) is 5.50. The van der Waals surface area contributed by atoms with Gasteiger partial charge in [0.15, 0.2) is 5.01 Å². The lowest BCUT2D eigenvalue weighted by molar-refractivity contribution is -0.135. The van der Waals surface area contributed by atoms with Crippen molar-refractivity contribution in [1.29, 1.82) is 0 Å². The van der Waals surface area contributed by atoms with Crippen LogP contribution in [0.25, 0.3) is 0 Å². The third-order valence-electron chi connectivity index (χ3n) is 5.09. The molecular formula is C20H23N3O3S. The summed E-state index contributed by atoms with van der Waals surface area (Å²) < 4.78 is 5.34. The van der Waals surface area contributed by atoms with E-state index in [4.69, 9.17) is 4.74 Å². The number of carbonyl (C=O) groups excluding carboxylic acids is 2. The Balaban J connectivity index is 1.35. The van der Waals surface area contributed by atoms with Crippen molar-refractivity contribution < 1.29 is 14.3 Å². The second kappa shape index (κ2) is 8.19. The highest BCUT2D eigenvalue weighted by atomic mass is 32.1. The van der Waals surface area contributed by atoms with Crippen LogP contribution in [0.2, 0.25) is 0 Å². The average Bonchev–Trinajstić information content (AvgIpc) is 3.33. The molecule has 1 N–H and O–H groups in total. The zero-order valence-electron chi connectivity index (χ0n) is 15.1. The molecule has 0 radical (unpaired) electrons. The van der Waals surface area contributed by atoms with Gasteiger partial charge in [-0.25, -0.2) is 4.98 Å². The van der Waals surface area contributed by atoms with Crippen molar-refractivity contribution in [2.75, 3.05) is 26.3 Å². The fourth-order valence-electron chi connectivity index (χ4n) is 3.52. The first kappa shape index (κ1) is 18.1. The van der Waals surface area contributed by atoms with Gasteiger partial charge in [-0.05, 0) is 12.0 Å². The Morgan fingerprint density at radius 1 is 1.22 bits per heavy atom. The molecule has 1 atom stereocenters. The van der Waals surface area contributed by atoms with Gasteiger partial charge in [-0.15, -0.1) is 11.3 Å². The molecule has 0 saturated carbocycles. The van der Waals surface area contributed by atoms with E-state index in [1.165, 1.54) is 11.3 Å². The predicted molar refractivity (Wildman–Crippen MR) is 103 cm³/mol. The summed E-state index contributed by atoms with van der Waals surface area (Å²) in [6.45, 7) is 3.07. The standard InChI is InChI=1S/C20H23N3O3S/c24-18(21-12-14-4-2-1-3-5-14)19-22-16-6-9-23(10-7-17(16)27-19)20(25)15-8-11-26-13-15/h1-5,15H,6-13H2,(H,21,24). The summed E-state index contributed by atoms with van der Waals surface area (Å²) in [5.41, 5.74) is 2.02. The smallest absolute Gasteiger partial charge is 0.280 e. The average molecular weight is 385 g/mol. The van der Waals surface area contributed by atoms with Crippen molar-refractivity contribution in [2.24, 2.45) is 5.92 Å². The molecule has 3 heterocycles. The van der Waals surface area contributed by atoms with E-state index in [0.29, 0.717) is 44.3 Å². The number of benzene rings is 1. The van der Waals surface area contributed by atoms with Gasteiger partial charge in [0, 0.05) is 44.0 Å². The number of ether oxygens (including phenoxy) is 1. The van der Waals surface area contributed by atoms with Gasteiger partial charge in [0.25, 0.3) is 5.91 Å². The maximum Gasteiger partial charge on any atom is 0.280 e. The Morgan fingerprint density at radius 3 is 2.81 bits per heavy atom. The maximum absolute atomic E-state index is 12.6. The Labute approximate surface area is 162 Å². The second-order valence-electron chi connectivity index (χ2n) is 6.94. The third kappa shape index (κ3) is 4.20. The number of thiazole rings is 1. The monoisotopic (exact) mass is 385 g/mol. The van der Waals surface area contributed by atoms with Crippen LogP contribution in [-0.2, 0) is 28.9 Å². The van der Waals surface area contributed by atoms with Crippen LogP contribution in [0.1, 0.15) is 32.4 Å². The van der Waals surface area contributed by atoms with Gasteiger partial charge in [0.2, 0.25) is 5.91 Å². The van der Waals surface area contributed by atoms with Gasteiger partial charge in [0.1, 0.15) is 0 Å². The quantitative estimate of drug-likeness (QED) is 0.874. The van der Waals surface area contributed by atoms with Gasteiger partial charge in [-0.2, -0.15) is 0 Å². The van der Waals surface area contributed by atoms with Gasteiger partial charge in [0.05, 0.1) is 18.2 Å². The largest absolute Gasteiger partial charge is 0.381 e. The zero-order valence-corrected chi connectivity index (χ0v) is 16.0. The molecule has 1 unspecified atom stereocenters. The van der Waals surface area contributed by atoms with E-state index < -0.39 is 0 Å². The number of hydrogen-bond acceptors (Lipinski definition) is 5. The molecule has 7 heteroatoms. The van der Waals surface area contributed by atoms with Crippen LogP contribution in [-0.4, -0.2) is 48.0 Å². The summed E-state index contributed by atoms with van der Waals surface area (Å²) in [7, 11) is 0. The Morgan fingerprint density at radius 2 is 2.04 bits per heavy atom. The third-order valence-corrected chi connectivity index (χ3v) is 6.24. The summed E-state index contributed by atoms with van der Waals surface area (Å²) >= 11 is 1.45. The summed E-state index contributed by atoms with van der Waals surface area (Å²) in [5.74, 6) is 0.0739. The van der Waals surface area contributed by atoms with Crippen LogP contribution in [0.3, 0.4) is 0 Å². The molecule has 6 nitrogen and oxygen atoms in total. The van der Waals surface area contributed by atoms with Gasteiger partial charge in [-0.1, -0.05) is 30.3 Å². The summed E-state index contributed by atoms with van der Waals surface area (Å²) in [6.07, 6.45) is 2.29. The van der Waals surface area contributed by atoms with Gasteiger partial charge >= 0.3 is 0 Å². The van der Waals surface area contributed by atoms with Gasteiger partial charge < -0.3 is 15.0 Å². The highest BCUT2D eigenvalue weighted by Gasteiger charge is 2.30. The normalized spacial score (nSPS) is 19.4. The molecule has 2 amide bonds. The first-order valence-electron chi connectivity index (χ1n) is 9.38. The maximum atomic E-state index is 12.6. The van der Waals surface area contributed by atoms with Crippen LogP contribution in [0.15, 0.2) is 30.3 Å². The number of amides is 2. The Bertz CT molecular complexity index is 790. The summed E-state index contributed by atoms with van der Waals surface area (Å²) in [6, 6.07) is 9.84. The molecule has 1 aromatic carbocycles. The molecular weight excluding hydrogens is 362 g/mol. The first-order valence-corrected chi connectivity index (χ1v) is 10.2. The molecule has 1 saturated heterocycles. The lowest BCUT2D eigenvalue weighted by Gasteiger charge is -2.23. The number of aromatic nitrogens is 1. The molecule has 0 aliphatic carbocycles. The van der Waals surface area contributed by atoms with Crippen LogP contribution in [0.5, 0.6) is 0 Å². The first-order chi connectivity index (χ1) is 13.2. The van der Waals surface area contributed by atoms with Crippen LogP contribution >= 0.6 is 11.3 Å². The SMILES string of the molecule is O=C(NCc1ccccc1)c1nc2c(s1)CCN(C(=O)C1CCOC1)CC2. The molecule has 142 valence electrons. The van der Waals surface area contributed by atoms with E-state index in [1.807, 2.05) is 35.2 Å². The predicted octanol–water partition coefficient (Wildman–Crippen LogP) is 2.04. The number of nitrogens with zero attached hydrogens (tertiary/aromatic N) is 2. The van der Waals surface area contributed by atoms with E-state index in [9.17, 15) is 9.59 Å². The zero-order chi connectivity index (χ0) is 18.6. The fraction of sp³-hybridized carbons (Fsp3) is 0.450. The molecule has 0 spiro atoms. The molecule has 2 aromatic rings. The minimum absolute atomic E-state index is 0.00780. The van der Waals surface area contributed by atoms with Crippen LogP contribution in [0.4, 0.5) is 0 Å². The van der Waals surface area contributed by atoms with Crippen molar-refractivity contribution in [1.82, 2.24) is 15.2 Å². The second-order valence-corrected chi connectivity index (χ2v) is 8.03.